The van der Waals surface area contributed by atoms with Crippen molar-refractivity contribution in [2.24, 2.45) is 5.73 Å². The van der Waals surface area contributed by atoms with Crippen molar-refractivity contribution in [2.45, 2.75) is 31.4 Å². The van der Waals surface area contributed by atoms with Gasteiger partial charge in [0.15, 0.2) is 0 Å². The number of hydrogen-bond acceptors (Lipinski definition) is 5. The lowest BCUT2D eigenvalue weighted by atomic mass is 9.77. The Morgan fingerprint density at radius 3 is 2.64 bits per heavy atom. The molecule has 2 amide bonds. The Balaban J connectivity index is 0.000000709. The van der Waals surface area contributed by atoms with Gasteiger partial charge in [0.25, 0.3) is 11.9 Å². The maximum Gasteiger partial charge on any atom is 0.300 e. The molecule has 9 heteroatoms. The van der Waals surface area contributed by atoms with E-state index in [1.54, 1.807) is 17.0 Å². The first-order chi connectivity index (χ1) is 15.8. The quantitative estimate of drug-likeness (QED) is 0.642. The first-order valence-corrected chi connectivity index (χ1v) is 10.7. The third-order valence-corrected chi connectivity index (χ3v) is 5.76. The van der Waals surface area contributed by atoms with E-state index in [2.05, 4.69) is 5.32 Å². The molecule has 2 heterocycles. The summed E-state index contributed by atoms with van der Waals surface area (Å²) in [6.07, 6.45) is 0.661. The molecule has 4 N–H and O–H groups in total. The number of morpholine rings is 1. The van der Waals surface area contributed by atoms with Gasteiger partial charge >= 0.3 is 0 Å². The molecule has 33 heavy (non-hydrogen) atoms. The second kappa shape index (κ2) is 10.5. The van der Waals surface area contributed by atoms with Crippen molar-refractivity contribution in [3.63, 3.8) is 0 Å². The van der Waals surface area contributed by atoms with Crippen molar-refractivity contribution in [2.75, 3.05) is 26.2 Å². The van der Waals surface area contributed by atoms with Gasteiger partial charge in [-0.3, -0.25) is 14.4 Å². The number of carboxylic acid groups (broad SMARTS) is 1. The molecule has 0 spiro atoms. The number of carbonyl (C=O) groups is 3. The molecule has 2 aliphatic rings. The summed E-state index contributed by atoms with van der Waals surface area (Å²) in [6, 6.07) is 14.2. The molecule has 0 aromatic heterocycles. The molecule has 4 rings (SSSR count). The predicted molar refractivity (Wildman–Crippen MR) is 119 cm³/mol. The Labute approximate surface area is 191 Å². The van der Waals surface area contributed by atoms with E-state index in [1.807, 2.05) is 30.3 Å². The zero-order chi connectivity index (χ0) is 24.0. The number of ether oxygens (including phenoxy) is 1. The number of fused-ring (bicyclic) bond motifs is 1. The minimum atomic E-state index is -0.833. The van der Waals surface area contributed by atoms with E-state index in [-0.39, 0.29) is 30.5 Å². The number of hydrogen-bond donors (Lipinski definition) is 3. The van der Waals surface area contributed by atoms with Crippen LogP contribution in [0.2, 0.25) is 0 Å². The van der Waals surface area contributed by atoms with Crippen molar-refractivity contribution in [3.05, 3.63) is 71.0 Å². The molecule has 0 saturated carbocycles. The third kappa shape index (κ3) is 5.55. The summed E-state index contributed by atoms with van der Waals surface area (Å²) in [4.78, 5) is 35.8. The number of carboxylic acids is 1. The van der Waals surface area contributed by atoms with E-state index in [4.69, 9.17) is 20.4 Å². The van der Waals surface area contributed by atoms with Crippen LogP contribution in [0.5, 0.6) is 0 Å². The summed E-state index contributed by atoms with van der Waals surface area (Å²) in [6.45, 7) is 2.11. The van der Waals surface area contributed by atoms with Crippen LogP contribution in [0.1, 0.15) is 34.8 Å². The zero-order valence-corrected chi connectivity index (χ0v) is 18.4. The highest BCUT2D eigenvalue weighted by Gasteiger charge is 2.50. The molecule has 0 radical (unpaired) electrons. The first kappa shape index (κ1) is 24.3. The molecule has 2 aromatic carbocycles. The molecule has 2 atom stereocenters. The van der Waals surface area contributed by atoms with Crippen molar-refractivity contribution < 1.29 is 28.6 Å². The number of nitrogens with one attached hydrogen (secondary N) is 1. The van der Waals surface area contributed by atoms with Crippen LogP contribution in [0.3, 0.4) is 0 Å². The Morgan fingerprint density at radius 1 is 1.27 bits per heavy atom. The number of aliphatic carboxylic acids is 1. The number of carbonyl (C=O) groups excluding carboxylic acids is 2. The minimum absolute atomic E-state index is 0.0445. The number of nitrogens with zero attached hydrogens (tertiary/aromatic N) is 1. The molecule has 0 bridgehead atoms. The Kier molecular flexibility index (Phi) is 7.78. The third-order valence-electron chi connectivity index (χ3n) is 5.76. The van der Waals surface area contributed by atoms with Crippen LogP contribution in [0.15, 0.2) is 48.5 Å². The standard InChI is InChI=1S/C22H24FN3O3.C2H4O2/c23-18-7-6-15(8-10-24)12-17(18)21(28)26-11-9-22(16-4-2-1-3-5-16)19(13-26)29-14-20(27)25-22;1-2(3)4/h1-7,12,19H,8-11,13-14,24H2,(H,25,27);1H3,(H,3,4)/t19-,22+;/m1./s1. The minimum Gasteiger partial charge on any atom is -0.481 e. The van der Waals surface area contributed by atoms with Crippen LogP contribution in [0.25, 0.3) is 0 Å². The topological polar surface area (TPSA) is 122 Å². The number of halogens is 1. The lowest BCUT2D eigenvalue weighted by Crippen LogP contribution is -2.67. The number of benzene rings is 2. The highest BCUT2D eigenvalue weighted by atomic mass is 19.1. The molecular weight excluding hydrogens is 429 g/mol. The van der Waals surface area contributed by atoms with Gasteiger partial charge in [0.1, 0.15) is 18.5 Å². The highest BCUT2D eigenvalue weighted by Crippen LogP contribution is 2.37. The number of rotatable bonds is 4. The molecule has 2 aromatic rings. The molecule has 2 aliphatic heterocycles. The summed E-state index contributed by atoms with van der Waals surface area (Å²) >= 11 is 0. The van der Waals surface area contributed by atoms with E-state index in [9.17, 15) is 14.0 Å². The van der Waals surface area contributed by atoms with Crippen LogP contribution in [-0.4, -0.2) is 60.1 Å². The van der Waals surface area contributed by atoms with Gasteiger partial charge in [0, 0.05) is 20.0 Å². The molecule has 0 unspecified atom stereocenters. The van der Waals surface area contributed by atoms with Crippen molar-refractivity contribution in [3.8, 4) is 0 Å². The second-order valence-corrected chi connectivity index (χ2v) is 8.06. The van der Waals surface area contributed by atoms with Gasteiger partial charge < -0.3 is 25.8 Å². The molecule has 0 aliphatic carbocycles. The van der Waals surface area contributed by atoms with E-state index in [0.29, 0.717) is 25.9 Å². The van der Waals surface area contributed by atoms with E-state index in [1.165, 1.54) is 6.07 Å². The van der Waals surface area contributed by atoms with E-state index < -0.39 is 23.4 Å². The average Bonchev–Trinajstić information content (AvgIpc) is 2.80. The predicted octanol–water partition coefficient (Wildman–Crippen LogP) is 1.67. The number of likely N-dealkylation sites (tertiary alicyclic amines) is 1. The molecule has 8 nitrogen and oxygen atoms in total. The van der Waals surface area contributed by atoms with Crippen LogP contribution in [0, 0.1) is 5.82 Å². The normalized spacial score (nSPS) is 21.8. The van der Waals surface area contributed by atoms with Crippen molar-refractivity contribution in [1.82, 2.24) is 10.2 Å². The van der Waals surface area contributed by atoms with Gasteiger partial charge in [-0.05, 0) is 42.6 Å². The monoisotopic (exact) mass is 457 g/mol. The van der Waals surface area contributed by atoms with Gasteiger partial charge in [-0.25, -0.2) is 4.39 Å². The SMILES string of the molecule is CC(=O)O.NCCc1ccc(F)c(C(=O)N2CC[C@@]3(c4ccccc4)NC(=O)CO[C@@H]3C2)c1. The lowest BCUT2D eigenvalue weighted by Gasteiger charge is -2.50. The maximum atomic E-state index is 14.4. The van der Waals surface area contributed by atoms with E-state index >= 15 is 0 Å². The van der Waals surface area contributed by atoms with Crippen LogP contribution in [0.4, 0.5) is 4.39 Å². The summed E-state index contributed by atoms with van der Waals surface area (Å²) in [7, 11) is 0. The number of nitrogens with two attached hydrogens (primary N) is 1. The Hall–Kier alpha value is -3.30. The molecule has 2 saturated heterocycles. The second-order valence-electron chi connectivity index (χ2n) is 8.06. The van der Waals surface area contributed by atoms with Gasteiger partial charge in [-0.2, -0.15) is 0 Å². The summed E-state index contributed by atoms with van der Waals surface area (Å²) < 4.78 is 20.2. The molecule has 2 fully saturated rings. The Morgan fingerprint density at radius 2 is 1.97 bits per heavy atom. The smallest absolute Gasteiger partial charge is 0.300 e. The molecule has 176 valence electrons. The van der Waals surface area contributed by atoms with E-state index in [0.717, 1.165) is 18.1 Å². The van der Waals surface area contributed by atoms with Gasteiger partial charge in [-0.15, -0.1) is 0 Å². The highest BCUT2D eigenvalue weighted by molar-refractivity contribution is 5.95. The van der Waals surface area contributed by atoms with Crippen LogP contribution >= 0.6 is 0 Å². The summed E-state index contributed by atoms with van der Waals surface area (Å²) in [5, 5.41) is 10.5. The fraction of sp³-hybridized carbons (Fsp3) is 0.375. The fourth-order valence-electron chi connectivity index (χ4n) is 4.27. The van der Waals surface area contributed by atoms with Gasteiger partial charge in [0.05, 0.1) is 11.1 Å². The number of piperidine rings is 1. The maximum absolute atomic E-state index is 14.4. The van der Waals surface area contributed by atoms with Crippen LogP contribution < -0.4 is 11.1 Å². The van der Waals surface area contributed by atoms with Crippen LogP contribution in [-0.2, 0) is 26.3 Å². The average molecular weight is 458 g/mol. The Bertz CT molecular complexity index is 1010. The fourth-order valence-corrected chi connectivity index (χ4v) is 4.27. The number of amides is 2. The van der Waals surface area contributed by atoms with Crippen molar-refractivity contribution in [1.29, 1.82) is 0 Å². The van der Waals surface area contributed by atoms with Gasteiger partial charge in [-0.1, -0.05) is 36.4 Å². The largest absolute Gasteiger partial charge is 0.481 e. The zero-order valence-electron chi connectivity index (χ0n) is 18.4. The summed E-state index contributed by atoms with van der Waals surface area (Å²) in [5.41, 5.74) is 6.71. The van der Waals surface area contributed by atoms with Crippen molar-refractivity contribution >= 4 is 17.8 Å². The lowest BCUT2D eigenvalue weighted by molar-refractivity contribution is -0.150. The molecular formula is C24H28FN3O5. The van der Waals surface area contributed by atoms with Gasteiger partial charge in [0.2, 0.25) is 5.91 Å². The summed E-state index contributed by atoms with van der Waals surface area (Å²) in [5.74, 6) is -1.93. The first-order valence-electron chi connectivity index (χ1n) is 10.7.